The zero-order valence-corrected chi connectivity index (χ0v) is 14.9. The first-order valence-electron chi connectivity index (χ1n) is 8.71. The Morgan fingerprint density at radius 3 is 2.80 bits per heavy atom. The van der Waals surface area contributed by atoms with Crippen molar-refractivity contribution in [2.24, 2.45) is 0 Å². The Hall–Kier alpha value is -2.40. The highest BCUT2D eigenvalue weighted by molar-refractivity contribution is 5.96. The van der Waals surface area contributed by atoms with Crippen LogP contribution in [0.5, 0.6) is 0 Å². The van der Waals surface area contributed by atoms with Crippen LogP contribution in [0, 0.1) is 13.8 Å². The number of hydrogen-bond acceptors (Lipinski definition) is 4. The Kier molecular flexibility index (Phi) is 5.34. The number of nitrogens with zero attached hydrogens (tertiary/aromatic N) is 3. The Morgan fingerprint density at radius 2 is 2.16 bits per heavy atom. The minimum Gasteiger partial charge on any atom is -0.361 e. The summed E-state index contributed by atoms with van der Waals surface area (Å²) in [5, 5.41) is 3.92. The smallest absolute Gasteiger partial charge is 0.259 e. The molecule has 1 saturated heterocycles. The summed E-state index contributed by atoms with van der Waals surface area (Å²) >= 11 is 0. The van der Waals surface area contributed by atoms with Crippen molar-refractivity contribution in [3.63, 3.8) is 0 Å². The molecule has 0 N–H and O–H groups in total. The molecule has 5 nitrogen and oxygen atoms in total. The second-order valence-electron chi connectivity index (χ2n) is 6.61. The van der Waals surface area contributed by atoms with Gasteiger partial charge in [-0.3, -0.25) is 9.69 Å². The lowest BCUT2D eigenvalue weighted by Gasteiger charge is -2.28. The lowest BCUT2D eigenvalue weighted by Crippen LogP contribution is -2.42. The van der Waals surface area contributed by atoms with Gasteiger partial charge in [0.05, 0.1) is 5.69 Å². The topological polar surface area (TPSA) is 49.6 Å². The van der Waals surface area contributed by atoms with Crippen molar-refractivity contribution in [1.82, 2.24) is 15.0 Å². The van der Waals surface area contributed by atoms with Crippen LogP contribution in [0.2, 0.25) is 0 Å². The van der Waals surface area contributed by atoms with Crippen LogP contribution >= 0.6 is 0 Å². The maximum Gasteiger partial charge on any atom is 0.259 e. The first-order valence-corrected chi connectivity index (χ1v) is 8.71. The third-order valence-electron chi connectivity index (χ3n) is 4.77. The molecular weight excluding hydrogens is 314 g/mol. The third-order valence-corrected chi connectivity index (χ3v) is 4.77. The van der Waals surface area contributed by atoms with Crippen LogP contribution in [0.15, 0.2) is 47.5 Å². The number of rotatable bonds is 6. The van der Waals surface area contributed by atoms with Gasteiger partial charge in [0, 0.05) is 32.2 Å². The number of aryl methyl sites for hydroxylation is 2. The molecule has 1 unspecified atom stereocenters. The molecule has 0 spiro atoms. The maximum absolute atomic E-state index is 13.0. The molecule has 1 fully saturated rings. The number of hydrogen-bond donors (Lipinski definition) is 0. The van der Waals surface area contributed by atoms with Crippen molar-refractivity contribution in [1.29, 1.82) is 0 Å². The van der Waals surface area contributed by atoms with Gasteiger partial charge in [0.15, 0.2) is 0 Å². The van der Waals surface area contributed by atoms with Crippen molar-refractivity contribution in [3.05, 3.63) is 65.6 Å². The molecule has 0 saturated carbocycles. The van der Waals surface area contributed by atoms with Gasteiger partial charge < -0.3 is 9.42 Å². The van der Waals surface area contributed by atoms with E-state index in [0.717, 1.165) is 26.1 Å². The summed E-state index contributed by atoms with van der Waals surface area (Å²) in [4.78, 5) is 17.4. The van der Waals surface area contributed by atoms with E-state index in [4.69, 9.17) is 4.52 Å². The van der Waals surface area contributed by atoms with E-state index in [1.165, 1.54) is 5.56 Å². The number of amides is 1. The Labute approximate surface area is 148 Å². The fourth-order valence-electron chi connectivity index (χ4n) is 3.52. The predicted octanol–water partition coefficient (Wildman–Crippen LogP) is 3.19. The van der Waals surface area contributed by atoms with Crippen LogP contribution in [0.4, 0.5) is 0 Å². The molecule has 0 radical (unpaired) electrons. The number of carbonyl (C=O) groups excluding carboxylic acids is 1. The van der Waals surface area contributed by atoms with E-state index >= 15 is 0 Å². The van der Waals surface area contributed by atoms with Crippen LogP contribution in [0.1, 0.15) is 33.8 Å². The summed E-state index contributed by atoms with van der Waals surface area (Å²) in [6.45, 7) is 10.7. The first-order chi connectivity index (χ1) is 12.1. The van der Waals surface area contributed by atoms with Crippen LogP contribution in [0.25, 0.3) is 0 Å². The fourth-order valence-corrected chi connectivity index (χ4v) is 3.52. The number of carbonyl (C=O) groups is 1. The van der Waals surface area contributed by atoms with Gasteiger partial charge in [-0.05, 0) is 25.8 Å². The lowest BCUT2D eigenvalue weighted by atomic mass is 10.1. The van der Waals surface area contributed by atoms with E-state index in [-0.39, 0.29) is 11.9 Å². The molecular formula is C20H25N3O2. The van der Waals surface area contributed by atoms with E-state index < -0.39 is 0 Å². The standard InChI is InChI=1S/C20H25N3O2/c1-4-11-23(20(24)19-15(2)21-25-16(19)3)18-10-12-22(14-18)13-17-8-6-5-7-9-17/h4-9,18H,1,10-14H2,2-3H3. The second kappa shape index (κ2) is 7.66. The molecule has 0 aliphatic carbocycles. The highest BCUT2D eigenvalue weighted by Gasteiger charge is 2.32. The van der Waals surface area contributed by atoms with E-state index in [2.05, 4.69) is 40.9 Å². The molecule has 2 aromatic rings. The zero-order chi connectivity index (χ0) is 17.8. The number of likely N-dealkylation sites (tertiary alicyclic amines) is 1. The molecule has 5 heteroatoms. The van der Waals surface area contributed by atoms with Gasteiger partial charge in [0.2, 0.25) is 0 Å². The van der Waals surface area contributed by atoms with E-state index in [0.29, 0.717) is 23.6 Å². The van der Waals surface area contributed by atoms with Crippen LogP contribution in [0.3, 0.4) is 0 Å². The monoisotopic (exact) mass is 339 g/mol. The van der Waals surface area contributed by atoms with Crippen molar-refractivity contribution < 1.29 is 9.32 Å². The van der Waals surface area contributed by atoms with Gasteiger partial charge in [0.25, 0.3) is 5.91 Å². The Bertz CT molecular complexity index is 719. The number of aromatic nitrogens is 1. The molecule has 132 valence electrons. The highest BCUT2D eigenvalue weighted by Crippen LogP contribution is 2.22. The quantitative estimate of drug-likeness (QED) is 0.759. The van der Waals surface area contributed by atoms with Crippen LogP contribution in [-0.2, 0) is 6.54 Å². The molecule has 0 bridgehead atoms. The van der Waals surface area contributed by atoms with E-state index in [1.54, 1.807) is 13.0 Å². The minimum atomic E-state index is -0.0114. The largest absolute Gasteiger partial charge is 0.361 e. The molecule has 1 aliphatic rings. The van der Waals surface area contributed by atoms with Crippen LogP contribution in [-0.4, -0.2) is 46.5 Å². The summed E-state index contributed by atoms with van der Waals surface area (Å²) in [5.41, 5.74) is 2.54. The average Bonchev–Trinajstić information content (AvgIpc) is 3.19. The summed E-state index contributed by atoms with van der Waals surface area (Å²) in [7, 11) is 0. The fraction of sp³-hybridized carbons (Fsp3) is 0.400. The SMILES string of the molecule is C=CCN(C(=O)c1c(C)noc1C)C1CCN(Cc2ccccc2)C1. The summed E-state index contributed by atoms with van der Waals surface area (Å²) < 4.78 is 5.17. The Balaban J connectivity index is 1.71. The molecule has 1 aromatic carbocycles. The number of benzene rings is 1. The molecule has 3 rings (SSSR count). The molecule has 1 aliphatic heterocycles. The summed E-state index contributed by atoms with van der Waals surface area (Å²) in [6.07, 6.45) is 2.76. The zero-order valence-electron chi connectivity index (χ0n) is 14.9. The molecule has 2 heterocycles. The van der Waals surface area contributed by atoms with Crippen molar-refractivity contribution in [2.75, 3.05) is 19.6 Å². The Morgan fingerprint density at radius 1 is 1.40 bits per heavy atom. The van der Waals surface area contributed by atoms with Gasteiger partial charge in [-0.2, -0.15) is 0 Å². The predicted molar refractivity (Wildman–Crippen MR) is 97.3 cm³/mol. The van der Waals surface area contributed by atoms with Crippen molar-refractivity contribution in [2.45, 2.75) is 32.9 Å². The molecule has 1 atom stereocenters. The summed E-state index contributed by atoms with van der Waals surface area (Å²) in [5.74, 6) is 0.568. The molecule has 1 amide bonds. The average molecular weight is 339 g/mol. The van der Waals surface area contributed by atoms with E-state index in [9.17, 15) is 4.79 Å². The second-order valence-corrected chi connectivity index (χ2v) is 6.61. The molecule has 25 heavy (non-hydrogen) atoms. The normalized spacial score (nSPS) is 17.6. The molecule has 1 aromatic heterocycles. The minimum absolute atomic E-state index is 0.0114. The maximum atomic E-state index is 13.0. The van der Waals surface area contributed by atoms with Gasteiger partial charge in [-0.25, -0.2) is 0 Å². The van der Waals surface area contributed by atoms with Gasteiger partial charge in [0.1, 0.15) is 11.3 Å². The van der Waals surface area contributed by atoms with Gasteiger partial charge in [-0.1, -0.05) is 41.6 Å². The van der Waals surface area contributed by atoms with Gasteiger partial charge >= 0.3 is 0 Å². The van der Waals surface area contributed by atoms with Gasteiger partial charge in [-0.15, -0.1) is 6.58 Å². The lowest BCUT2D eigenvalue weighted by molar-refractivity contribution is 0.0704. The highest BCUT2D eigenvalue weighted by atomic mass is 16.5. The van der Waals surface area contributed by atoms with Crippen LogP contribution < -0.4 is 0 Å². The van der Waals surface area contributed by atoms with Crippen molar-refractivity contribution >= 4 is 5.91 Å². The third kappa shape index (κ3) is 3.82. The van der Waals surface area contributed by atoms with E-state index in [1.807, 2.05) is 17.9 Å². The van der Waals surface area contributed by atoms with Crippen molar-refractivity contribution in [3.8, 4) is 0 Å². The summed E-state index contributed by atoms with van der Waals surface area (Å²) in [6, 6.07) is 10.6. The first kappa shape index (κ1) is 17.4.